The summed E-state index contributed by atoms with van der Waals surface area (Å²) in [6, 6.07) is 8.53. The summed E-state index contributed by atoms with van der Waals surface area (Å²) in [5.41, 5.74) is 7.87. The van der Waals surface area contributed by atoms with Gasteiger partial charge in [-0.3, -0.25) is 4.79 Å². The molecule has 3 aliphatic heterocycles. The van der Waals surface area contributed by atoms with Crippen molar-refractivity contribution in [3.8, 4) is 0 Å². The minimum Gasteiger partial charge on any atom is -0.475 e. The fourth-order valence-corrected chi connectivity index (χ4v) is 5.35. The number of piperidine rings is 2. The van der Waals surface area contributed by atoms with Crippen LogP contribution in [-0.4, -0.2) is 101 Å². The summed E-state index contributed by atoms with van der Waals surface area (Å²) in [4.78, 5) is 48.4. The molecule has 1 aromatic heterocycles. The summed E-state index contributed by atoms with van der Waals surface area (Å²) < 4.78 is 31.7. The number of urea groups is 1. The first kappa shape index (κ1) is 30.8. The number of carbonyl (C=O) groups excluding carboxylic acids is 2. The van der Waals surface area contributed by atoms with Gasteiger partial charge in [0, 0.05) is 38.9 Å². The maximum absolute atomic E-state index is 12.5. The van der Waals surface area contributed by atoms with Crippen molar-refractivity contribution in [3.63, 3.8) is 0 Å². The molecule has 228 valence electrons. The zero-order valence-electron chi connectivity index (χ0n) is 23.2. The molecule has 0 radical (unpaired) electrons. The zero-order chi connectivity index (χ0) is 30.4. The number of nitrogens with two attached hydrogens (primary N) is 1. The lowest BCUT2D eigenvalue weighted by Gasteiger charge is -2.37. The molecular weight excluding hydrogens is 557 g/mol. The van der Waals surface area contributed by atoms with Crippen LogP contribution >= 0.6 is 0 Å². The summed E-state index contributed by atoms with van der Waals surface area (Å²) in [6.45, 7) is 5.12. The molecule has 0 bridgehead atoms. The highest BCUT2D eigenvalue weighted by Crippen LogP contribution is 2.29. The second-order valence-electron chi connectivity index (χ2n) is 10.5. The number of likely N-dealkylation sites (N-methyl/N-ethyl adjacent to an activating group) is 1. The summed E-state index contributed by atoms with van der Waals surface area (Å²) in [5.74, 6) is -1.78. The highest BCUT2D eigenvalue weighted by Gasteiger charge is 2.38. The van der Waals surface area contributed by atoms with Gasteiger partial charge in [-0.25, -0.2) is 19.6 Å². The van der Waals surface area contributed by atoms with E-state index in [1.165, 1.54) is 5.56 Å². The van der Waals surface area contributed by atoms with Gasteiger partial charge < -0.3 is 36.2 Å². The Hall–Kier alpha value is -4.14. The Morgan fingerprint density at radius 1 is 1.10 bits per heavy atom. The number of anilines is 3. The van der Waals surface area contributed by atoms with Crippen LogP contribution in [0.2, 0.25) is 0 Å². The fraction of sp³-hybridized carbons (Fsp3) is 0.519. The van der Waals surface area contributed by atoms with E-state index in [0.717, 1.165) is 64.1 Å². The number of hydrogen-bond donors (Lipinski definition) is 4. The number of carboxylic acid groups (broad SMARTS) is 1. The van der Waals surface area contributed by atoms with Gasteiger partial charge in [0.1, 0.15) is 5.82 Å². The van der Waals surface area contributed by atoms with Crippen LogP contribution in [0.3, 0.4) is 0 Å². The smallest absolute Gasteiger partial charge is 0.475 e. The Kier molecular flexibility index (Phi) is 9.70. The van der Waals surface area contributed by atoms with Crippen LogP contribution in [0.1, 0.15) is 47.7 Å². The molecule has 0 spiro atoms. The van der Waals surface area contributed by atoms with Crippen molar-refractivity contribution in [1.82, 2.24) is 25.1 Å². The number of nitrogens with zero attached hydrogens (tertiary/aromatic N) is 5. The van der Waals surface area contributed by atoms with Gasteiger partial charge in [-0.1, -0.05) is 12.1 Å². The predicted octanol–water partition coefficient (Wildman–Crippen LogP) is 2.76. The van der Waals surface area contributed by atoms with Gasteiger partial charge in [0.25, 0.3) is 5.91 Å². The Labute approximate surface area is 241 Å². The van der Waals surface area contributed by atoms with Crippen LogP contribution in [-0.2, 0) is 4.79 Å². The topological polar surface area (TPSA) is 157 Å². The number of primary amides is 1. The molecule has 3 saturated heterocycles. The Morgan fingerprint density at radius 3 is 2.33 bits per heavy atom. The van der Waals surface area contributed by atoms with E-state index < -0.39 is 18.1 Å². The minimum absolute atomic E-state index is 0.0855. The molecular formula is C27H35F3N8O4. The Balaban J connectivity index is 0.000000517. The molecule has 2 aromatic rings. The monoisotopic (exact) mass is 592 g/mol. The van der Waals surface area contributed by atoms with Crippen LogP contribution in [0, 0.1) is 0 Å². The predicted molar refractivity (Wildman–Crippen MR) is 149 cm³/mol. The maximum atomic E-state index is 12.5. The summed E-state index contributed by atoms with van der Waals surface area (Å²) in [7, 11) is 1.84. The van der Waals surface area contributed by atoms with Crippen LogP contribution in [0.5, 0.6) is 0 Å². The molecule has 5 rings (SSSR count). The third-order valence-electron chi connectivity index (χ3n) is 7.63. The lowest BCUT2D eigenvalue weighted by molar-refractivity contribution is -0.192. The van der Waals surface area contributed by atoms with E-state index in [1.807, 2.05) is 24.1 Å². The second-order valence-corrected chi connectivity index (χ2v) is 10.5. The maximum Gasteiger partial charge on any atom is 0.490 e. The molecule has 0 aliphatic carbocycles. The van der Waals surface area contributed by atoms with Crippen LogP contribution < -0.4 is 21.3 Å². The number of nitrogens with one attached hydrogen (secondary N) is 2. The third kappa shape index (κ3) is 7.57. The number of aliphatic carboxylic acids is 1. The molecule has 12 nitrogen and oxygen atoms in total. The second kappa shape index (κ2) is 13.2. The molecule has 5 N–H and O–H groups in total. The van der Waals surface area contributed by atoms with Crippen molar-refractivity contribution >= 4 is 35.2 Å². The molecule has 1 aromatic carbocycles. The average Bonchev–Trinajstić information content (AvgIpc) is 3.31. The lowest BCUT2D eigenvalue weighted by Crippen LogP contribution is -2.49. The van der Waals surface area contributed by atoms with Crippen molar-refractivity contribution in [2.75, 3.05) is 56.5 Å². The highest BCUT2D eigenvalue weighted by molar-refractivity contribution is 5.96. The lowest BCUT2D eigenvalue weighted by atomic mass is 9.90. The summed E-state index contributed by atoms with van der Waals surface area (Å²) in [5, 5.41) is 13.8. The number of carbonyl (C=O) groups is 3. The van der Waals surface area contributed by atoms with Crippen molar-refractivity contribution in [2.45, 2.75) is 43.8 Å². The molecule has 42 heavy (non-hydrogen) atoms. The number of hydrogen-bond acceptors (Lipinski definition) is 8. The number of halogens is 3. The first-order chi connectivity index (χ1) is 19.9. The van der Waals surface area contributed by atoms with Gasteiger partial charge in [-0.15, -0.1) is 0 Å². The van der Waals surface area contributed by atoms with Crippen molar-refractivity contribution in [2.24, 2.45) is 5.73 Å². The molecule has 4 heterocycles. The van der Waals surface area contributed by atoms with Crippen molar-refractivity contribution in [3.05, 3.63) is 41.7 Å². The van der Waals surface area contributed by atoms with Crippen LogP contribution in [0.25, 0.3) is 0 Å². The van der Waals surface area contributed by atoms with Gasteiger partial charge >= 0.3 is 18.2 Å². The van der Waals surface area contributed by atoms with Crippen LogP contribution in [0.4, 0.5) is 35.3 Å². The van der Waals surface area contributed by atoms with E-state index in [-0.39, 0.29) is 17.8 Å². The third-order valence-corrected chi connectivity index (χ3v) is 7.63. The molecule has 1 atom stereocenters. The van der Waals surface area contributed by atoms with Gasteiger partial charge in [0.05, 0.1) is 12.2 Å². The van der Waals surface area contributed by atoms with E-state index >= 15 is 0 Å². The molecule has 3 fully saturated rings. The molecule has 0 saturated carbocycles. The number of alkyl halides is 3. The molecule has 3 amide bonds. The Morgan fingerprint density at radius 2 is 1.76 bits per heavy atom. The van der Waals surface area contributed by atoms with Gasteiger partial charge in [-0.2, -0.15) is 13.2 Å². The van der Waals surface area contributed by atoms with E-state index in [0.29, 0.717) is 24.1 Å². The van der Waals surface area contributed by atoms with Crippen molar-refractivity contribution < 1.29 is 32.7 Å². The molecule has 0 unspecified atom stereocenters. The standard InChI is InChI=1S/C25H34N8O2.C2HF3O2/c1-31-13-14-33(25(31)35)20-3-2-12-32(16-20)21-15-28-22(23(26)34)24(30-21)29-19-6-4-17(5-7-19)18-8-10-27-11-9-18;3-2(4,5)1(6)7/h4-7,15,18,20,27H,2-3,8-14,16H2,1H3,(H2,26,34)(H,29,30);(H,6,7)/t20-;/m1./s1. The first-order valence-electron chi connectivity index (χ1n) is 13.8. The van der Waals surface area contributed by atoms with E-state index in [9.17, 15) is 22.8 Å². The van der Waals surface area contributed by atoms with E-state index in [4.69, 9.17) is 20.6 Å². The zero-order valence-corrected chi connectivity index (χ0v) is 23.2. The fourth-order valence-electron chi connectivity index (χ4n) is 5.35. The number of rotatable bonds is 6. The molecule has 15 heteroatoms. The quantitative estimate of drug-likeness (QED) is 0.396. The minimum atomic E-state index is -5.08. The van der Waals surface area contributed by atoms with Gasteiger partial charge in [0.15, 0.2) is 11.5 Å². The summed E-state index contributed by atoms with van der Waals surface area (Å²) >= 11 is 0. The number of amides is 3. The molecule has 3 aliphatic rings. The number of carboxylic acids is 1. The summed E-state index contributed by atoms with van der Waals surface area (Å²) in [6.07, 6.45) is 0.728. The van der Waals surface area contributed by atoms with Crippen molar-refractivity contribution in [1.29, 1.82) is 0 Å². The number of benzene rings is 1. The normalized spacial score (nSPS) is 19.8. The van der Waals surface area contributed by atoms with Gasteiger partial charge in [-0.05, 0) is 62.4 Å². The first-order valence-corrected chi connectivity index (χ1v) is 13.8. The van der Waals surface area contributed by atoms with E-state index in [2.05, 4.69) is 32.7 Å². The van der Waals surface area contributed by atoms with E-state index in [1.54, 1.807) is 11.1 Å². The average molecular weight is 593 g/mol. The number of aromatic nitrogens is 2. The largest absolute Gasteiger partial charge is 0.490 e. The highest BCUT2D eigenvalue weighted by atomic mass is 19.4. The van der Waals surface area contributed by atoms with Gasteiger partial charge in [0.2, 0.25) is 0 Å². The Bertz CT molecular complexity index is 1270. The van der Waals surface area contributed by atoms with Crippen LogP contribution in [0.15, 0.2) is 30.5 Å². The SMILES string of the molecule is CN1CCN([C@@H]2CCCN(c3cnc(C(N)=O)c(Nc4ccc(C5CCNCC5)cc4)n3)C2)C1=O.O=C(O)C(F)(F)F.